The molecule has 1 heterocycles. The maximum absolute atomic E-state index is 5.63. The van der Waals surface area contributed by atoms with E-state index in [0.29, 0.717) is 12.4 Å². The van der Waals surface area contributed by atoms with Crippen molar-refractivity contribution >= 4 is 0 Å². The number of rotatable bonds is 2. The molecule has 2 rings (SSSR count). The smallest absolute Gasteiger partial charge is 0.164 e. The van der Waals surface area contributed by atoms with Crippen molar-refractivity contribution in [1.82, 2.24) is 14.8 Å². The summed E-state index contributed by atoms with van der Waals surface area (Å²) in [5.41, 5.74) is 10.7. The van der Waals surface area contributed by atoms with E-state index in [1.54, 1.807) is 0 Å². The lowest BCUT2D eigenvalue weighted by atomic mass is 9.83. The van der Waals surface area contributed by atoms with Gasteiger partial charge in [-0.3, -0.25) is 0 Å². The molecule has 0 radical (unpaired) electrons. The van der Waals surface area contributed by atoms with Gasteiger partial charge >= 0.3 is 0 Å². The highest BCUT2D eigenvalue weighted by Crippen LogP contribution is 2.31. The van der Waals surface area contributed by atoms with E-state index in [0.717, 1.165) is 11.4 Å². The van der Waals surface area contributed by atoms with Gasteiger partial charge in [0.25, 0.3) is 0 Å². The Balaban J connectivity index is 2.61. The van der Waals surface area contributed by atoms with E-state index in [2.05, 4.69) is 56.8 Å². The summed E-state index contributed by atoms with van der Waals surface area (Å²) in [7, 11) is 1.91. The number of hydrogen-bond acceptors (Lipinski definition) is 3. The molecule has 0 saturated heterocycles. The molecule has 0 atom stereocenters. The average molecular weight is 272 g/mol. The minimum Gasteiger partial charge on any atom is -0.324 e. The molecular formula is C16H24N4. The molecule has 4 nitrogen and oxygen atoms in total. The Labute approximate surface area is 121 Å². The third-order valence-electron chi connectivity index (χ3n) is 3.61. The molecule has 2 aromatic rings. The second-order valence-electron chi connectivity index (χ2n) is 6.41. The highest BCUT2D eigenvalue weighted by Gasteiger charge is 2.19. The van der Waals surface area contributed by atoms with Crippen molar-refractivity contribution in [3.8, 4) is 11.4 Å². The minimum absolute atomic E-state index is 0.149. The van der Waals surface area contributed by atoms with Gasteiger partial charge in [0, 0.05) is 12.6 Å². The summed E-state index contributed by atoms with van der Waals surface area (Å²) in [6.45, 7) is 11.3. The van der Waals surface area contributed by atoms with Crippen LogP contribution in [0.2, 0.25) is 0 Å². The molecule has 0 aliphatic heterocycles. The van der Waals surface area contributed by atoms with Crippen molar-refractivity contribution in [3.05, 3.63) is 34.6 Å². The number of benzene rings is 1. The first-order valence-corrected chi connectivity index (χ1v) is 6.96. The second kappa shape index (κ2) is 5.02. The van der Waals surface area contributed by atoms with Gasteiger partial charge in [-0.15, -0.1) is 0 Å². The van der Waals surface area contributed by atoms with E-state index in [1.165, 1.54) is 16.7 Å². The highest BCUT2D eigenvalue weighted by atomic mass is 15.3. The molecule has 0 aliphatic carbocycles. The summed E-state index contributed by atoms with van der Waals surface area (Å²) in [6.07, 6.45) is 0. The standard InChI is InChI=1S/C16H24N4/c1-10-7-12(16(3,4)5)8-11(2)14(10)15-18-13(9-17)19-20(15)6/h7-8H,9,17H2,1-6H3. The van der Waals surface area contributed by atoms with Gasteiger partial charge in [0.15, 0.2) is 11.6 Å². The molecule has 0 aliphatic rings. The van der Waals surface area contributed by atoms with Crippen LogP contribution in [0.1, 0.15) is 43.3 Å². The van der Waals surface area contributed by atoms with Crippen molar-refractivity contribution in [2.75, 3.05) is 0 Å². The Bertz CT molecular complexity index is 609. The number of hydrogen-bond donors (Lipinski definition) is 1. The van der Waals surface area contributed by atoms with Crippen molar-refractivity contribution < 1.29 is 0 Å². The van der Waals surface area contributed by atoms with E-state index in [1.807, 2.05) is 11.7 Å². The Hall–Kier alpha value is -1.68. The van der Waals surface area contributed by atoms with Gasteiger partial charge in [0.05, 0.1) is 6.54 Å². The zero-order valence-electron chi connectivity index (χ0n) is 13.3. The van der Waals surface area contributed by atoms with E-state index >= 15 is 0 Å². The Morgan fingerprint density at radius 3 is 2.10 bits per heavy atom. The lowest BCUT2D eigenvalue weighted by Gasteiger charge is -2.22. The fourth-order valence-electron chi connectivity index (χ4n) is 2.49. The number of nitrogens with two attached hydrogens (primary N) is 1. The summed E-state index contributed by atoms with van der Waals surface area (Å²) in [5, 5.41) is 4.34. The molecule has 0 fully saturated rings. The summed E-state index contributed by atoms with van der Waals surface area (Å²) in [5.74, 6) is 1.57. The summed E-state index contributed by atoms with van der Waals surface area (Å²) >= 11 is 0. The Morgan fingerprint density at radius 1 is 1.15 bits per heavy atom. The van der Waals surface area contributed by atoms with Crippen LogP contribution in [0.25, 0.3) is 11.4 Å². The molecule has 1 aromatic carbocycles. The first kappa shape index (κ1) is 14.7. The Morgan fingerprint density at radius 2 is 1.70 bits per heavy atom. The predicted molar refractivity (Wildman–Crippen MR) is 82.5 cm³/mol. The van der Waals surface area contributed by atoms with Crippen LogP contribution in [0.4, 0.5) is 0 Å². The zero-order valence-corrected chi connectivity index (χ0v) is 13.3. The summed E-state index contributed by atoms with van der Waals surface area (Å²) < 4.78 is 1.81. The zero-order chi connectivity index (χ0) is 15.1. The first-order chi connectivity index (χ1) is 9.24. The van der Waals surface area contributed by atoms with Crippen molar-refractivity contribution in [1.29, 1.82) is 0 Å². The SMILES string of the molecule is Cc1cc(C(C)(C)C)cc(C)c1-c1nc(CN)nn1C. The molecule has 108 valence electrons. The van der Waals surface area contributed by atoms with Gasteiger partial charge < -0.3 is 5.73 Å². The van der Waals surface area contributed by atoms with Crippen molar-refractivity contribution in [2.24, 2.45) is 12.8 Å². The third kappa shape index (κ3) is 2.61. The van der Waals surface area contributed by atoms with Gasteiger partial charge in [0.2, 0.25) is 0 Å². The fourth-order valence-corrected chi connectivity index (χ4v) is 2.49. The largest absolute Gasteiger partial charge is 0.324 e. The maximum atomic E-state index is 5.63. The van der Waals surface area contributed by atoms with E-state index in [4.69, 9.17) is 5.73 Å². The molecule has 0 bridgehead atoms. The van der Waals surface area contributed by atoms with Crippen molar-refractivity contribution in [3.63, 3.8) is 0 Å². The topological polar surface area (TPSA) is 56.7 Å². The van der Waals surface area contributed by atoms with Crippen LogP contribution < -0.4 is 5.73 Å². The first-order valence-electron chi connectivity index (χ1n) is 6.96. The minimum atomic E-state index is 0.149. The van der Waals surface area contributed by atoms with Gasteiger partial charge in [-0.25, -0.2) is 9.67 Å². The van der Waals surface area contributed by atoms with Gasteiger partial charge in [-0.05, 0) is 36.0 Å². The van der Waals surface area contributed by atoms with E-state index in [9.17, 15) is 0 Å². The van der Waals surface area contributed by atoms with Crippen LogP contribution in [0, 0.1) is 13.8 Å². The third-order valence-corrected chi connectivity index (χ3v) is 3.61. The monoisotopic (exact) mass is 272 g/mol. The molecule has 0 amide bonds. The average Bonchev–Trinajstić information content (AvgIpc) is 2.69. The Kier molecular flexibility index (Phi) is 3.69. The number of nitrogens with zero attached hydrogens (tertiary/aromatic N) is 3. The van der Waals surface area contributed by atoms with Crippen LogP contribution >= 0.6 is 0 Å². The molecule has 0 spiro atoms. The number of aryl methyl sites for hydroxylation is 3. The van der Waals surface area contributed by atoms with Gasteiger partial charge in [-0.1, -0.05) is 32.9 Å². The molecular weight excluding hydrogens is 248 g/mol. The lowest BCUT2D eigenvalue weighted by Crippen LogP contribution is -2.12. The summed E-state index contributed by atoms with van der Waals surface area (Å²) in [4.78, 5) is 4.54. The van der Waals surface area contributed by atoms with Crippen LogP contribution in [0.3, 0.4) is 0 Å². The fraction of sp³-hybridized carbons (Fsp3) is 0.500. The quantitative estimate of drug-likeness (QED) is 0.914. The molecule has 4 heteroatoms. The highest BCUT2D eigenvalue weighted by molar-refractivity contribution is 5.66. The normalized spacial score (nSPS) is 11.9. The van der Waals surface area contributed by atoms with Crippen LogP contribution in [-0.4, -0.2) is 14.8 Å². The molecule has 2 N–H and O–H groups in total. The summed E-state index contributed by atoms with van der Waals surface area (Å²) in [6, 6.07) is 4.50. The predicted octanol–water partition coefficient (Wildman–Crippen LogP) is 2.86. The van der Waals surface area contributed by atoms with Gasteiger partial charge in [0.1, 0.15) is 0 Å². The molecule has 0 unspecified atom stereocenters. The van der Waals surface area contributed by atoms with Crippen molar-refractivity contribution in [2.45, 2.75) is 46.6 Å². The second-order valence-corrected chi connectivity index (χ2v) is 6.41. The van der Waals surface area contributed by atoms with Crippen LogP contribution in [0.15, 0.2) is 12.1 Å². The lowest BCUT2D eigenvalue weighted by molar-refractivity contribution is 0.589. The molecule has 20 heavy (non-hydrogen) atoms. The van der Waals surface area contributed by atoms with E-state index < -0.39 is 0 Å². The maximum Gasteiger partial charge on any atom is 0.164 e. The van der Waals surface area contributed by atoms with E-state index in [-0.39, 0.29) is 5.41 Å². The van der Waals surface area contributed by atoms with Crippen LogP contribution in [-0.2, 0) is 19.0 Å². The number of aromatic nitrogens is 3. The van der Waals surface area contributed by atoms with Crippen LogP contribution in [0.5, 0.6) is 0 Å². The molecule has 1 aromatic heterocycles. The molecule has 0 saturated carbocycles. The van der Waals surface area contributed by atoms with Gasteiger partial charge in [-0.2, -0.15) is 5.10 Å².